The first-order valence-electron chi connectivity index (χ1n) is 6.95. The third-order valence-corrected chi connectivity index (χ3v) is 3.92. The molecule has 0 unspecified atom stereocenters. The number of halogens is 1. The molecule has 0 amide bonds. The van der Waals surface area contributed by atoms with Crippen molar-refractivity contribution in [3.63, 3.8) is 0 Å². The zero-order valence-electron chi connectivity index (χ0n) is 10.8. The molecule has 3 heteroatoms. The van der Waals surface area contributed by atoms with Crippen LogP contribution in [0.15, 0.2) is 18.2 Å². The number of hydrogen-bond acceptors (Lipinski definition) is 2. The molecule has 1 aromatic rings. The van der Waals surface area contributed by atoms with Gasteiger partial charge in [-0.3, -0.25) is 0 Å². The summed E-state index contributed by atoms with van der Waals surface area (Å²) in [7, 11) is 0. The molecule has 2 rings (SSSR count). The first kappa shape index (κ1) is 13.7. The highest BCUT2D eigenvalue weighted by atomic mass is 35.5. The van der Waals surface area contributed by atoms with Gasteiger partial charge in [0.05, 0.1) is 6.10 Å². The fraction of sp³-hybridized carbons (Fsp3) is 0.600. The summed E-state index contributed by atoms with van der Waals surface area (Å²) in [5, 5.41) is 0.770. The maximum Gasteiger partial charge on any atom is 0.124 e. The van der Waals surface area contributed by atoms with Gasteiger partial charge >= 0.3 is 0 Å². The maximum atomic E-state index is 6.22. The van der Waals surface area contributed by atoms with Crippen LogP contribution in [0.2, 0.25) is 5.02 Å². The van der Waals surface area contributed by atoms with Crippen LogP contribution < -0.4 is 10.5 Å². The maximum absolute atomic E-state index is 6.22. The molecule has 0 heterocycles. The predicted octanol–water partition coefficient (Wildman–Crippen LogP) is 3.94. The average Bonchev–Trinajstić information content (AvgIpc) is 2.62. The van der Waals surface area contributed by atoms with Crippen molar-refractivity contribution in [1.82, 2.24) is 0 Å². The van der Waals surface area contributed by atoms with Crippen molar-refractivity contribution in [3.8, 4) is 5.75 Å². The van der Waals surface area contributed by atoms with Gasteiger partial charge in [-0.15, -0.1) is 0 Å². The Balaban J connectivity index is 2.09. The lowest BCUT2D eigenvalue weighted by atomic mass is 10.1. The Labute approximate surface area is 114 Å². The Morgan fingerprint density at radius 1 is 1.17 bits per heavy atom. The molecule has 2 nitrogen and oxygen atoms in total. The van der Waals surface area contributed by atoms with Crippen molar-refractivity contribution < 1.29 is 4.74 Å². The molecule has 100 valence electrons. The van der Waals surface area contributed by atoms with Gasteiger partial charge < -0.3 is 10.5 Å². The van der Waals surface area contributed by atoms with E-state index in [4.69, 9.17) is 22.1 Å². The van der Waals surface area contributed by atoms with Gasteiger partial charge in [0.25, 0.3) is 0 Å². The minimum Gasteiger partial charge on any atom is -0.490 e. The second-order valence-electron chi connectivity index (χ2n) is 4.99. The lowest BCUT2D eigenvalue weighted by Gasteiger charge is -2.20. The van der Waals surface area contributed by atoms with Crippen LogP contribution in [0.25, 0.3) is 0 Å². The zero-order valence-corrected chi connectivity index (χ0v) is 11.6. The van der Waals surface area contributed by atoms with E-state index < -0.39 is 0 Å². The Kier molecular flexibility index (Phi) is 5.33. The highest BCUT2D eigenvalue weighted by Gasteiger charge is 2.16. The highest BCUT2D eigenvalue weighted by Crippen LogP contribution is 2.30. The Morgan fingerprint density at radius 3 is 2.56 bits per heavy atom. The third-order valence-electron chi connectivity index (χ3n) is 3.57. The van der Waals surface area contributed by atoms with Crippen molar-refractivity contribution in [2.75, 3.05) is 6.54 Å². The van der Waals surface area contributed by atoms with E-state index in [2.05, 4.69) is 0 Å². The SMILES string of the molecule is NCCc1c(Cl)cccc1OC1CCCCCC1. The summed E-state index contributed by atoms with van der Waals surface area (Å²) < 4.78 is 6.16. The Bertz CT molecular complexity index is 373. The standard InChI is InChI=1S/C15H22ClNO/c16-14-8-5-9-15(13(14)10-11-17)18-12-6-3-1-2-4-7-12/h5,8-9,12H,1-4,6-7,10-11,17H2. The van der Waals surface area contributed by atoms with Gasteiger partial charge in [0.15, 0.2) is 0 Å². The van der Waals surface area contributed by atoms with Crippen molar-refractivity contribution in [2.24, 2.45) is 5.73 Å². The topological polar surface area (TPSA) is 35.2 Å². The molecule has 0 bridgehead atoms. The molecule has 0 spiro atoms. The fourth-order valence-electron chi connectivity index (χ4n) is 2.58. The summed E-state index contributed by atoms with van der Waals surface area (Å²) in [6.07, 6.45) is 8.68. The quantitative estimate of drug-likeness (QED) is 0.839. The summed E-state index contributed by atoms with van der Waals surface area (Å²) in [4.78, 5) is 0. The fourth-order valence-corrected chi connectivity index (χ4v) is 2.84. The molecule has 1 fully saturated rings. The lowest BCUT2D eigenvalue weighted by molar-refractivity contribution is 0.182. The summed E-state index contributed by atoms with van der Waals surface area (Å²) in [6, 6.07) is 5.88. The predicted molar refractivity (Wildman–Crippen MR) is 76.3 cm³/mol. The molecule has 18 heavy (non-hydrogen) atoms. The summed E-state index contributed by atoms with van der Waals surface area (Å²) in [6.45, 7) is 0.602. The third kappa shape index (κ3) is 3.63. The smallest absolute Gasteiger partial charge is 0.124 e. The number of ether oxygens (including phenoxy) is 1. The minimum absolute atomic E-state index is 0.350. The van der Waals surface area contributed by atoms with Crippen LogP contribution >= 0.6 is 11.6 Å². The molecule has 0 saturated heterocycles. The molecule has 1 saturated carbocycles. The molecule has 0 aromatic heterocycles. The van der Waals surface area contributed by atoms with E-state index in [0.717, 1.165) is 35.6 Å². The van der Waals surface area contributed by atoms with Gasteiger partial charge in [0, 0.05) is 10.6 Å². The normalized spacial score (nSPS) is 17.4. The van der Waals surface area contributed by atoms with E-state index in [1.807, 2.05) is 18.2 Å². The molecule has 1 aromatic carbocycles. The second-order valence-corrected chi connectivity index (χ2v) is 5.39. The zero-order chi connectivity index (χ0) is 12.8. The van der Waals surface area contributed by atoms with E-state index >= 15 is 0 Å². The molecule has 0 aliphatic heterocycles. The summed E-state index contributed by atoms with van der Waals surface area (Å²) in [5.74, 6) is 0.930. The molecule has 2 N–H and O–H groups in total. The van der Waals surface area contributed by atoms with Crippen LogP contribution in [0.3, 0.4) is 0 Å². The molecular formula is C15H22ClNO. The molecular weight excluding hydrogens is 246 g/mol. The van der Waals surface area contributed by atoms with Crippen molar-refractivity contribution in [2.45, 2.75) is 51.0 Å². The summed E-state index contributed by atoms with van der Waals surface area (Å²) >= 11 is 6.22. The molecule has 0 radical (unpaired) electrons. The highest BCUT2D eigenvalue weighted by molar-refractivity contribution is 6.31. The Morgan fingerprint density at radius 2 is 1.89 bits per heavy atom. The van der Waals surface area contributed by atoms with Gasteiger partial charge in [0.2, 0.25) is 0 Å². The van der Waals surface area contributed by atoms with E-state index in [9.17, 15) is 0 Å². The van der Waals surface area contributed by atoms with E-state index in [1.165, 1.54) is 25.7 Å². The second kappa shape index (κ2) is 7.01. The van der Waals surface area contributed by atoms with Crippen LogP contribution in [0, 0.1) is 0 Å². The van der Waals surface area contributed by atoms with Crippen molar-refractivity contribution in [1.29, 1.82) is 0 Å². The minimum atomic E-state index is 0.350. The summed E-state index contributed by atoms with van der Waals surface area (Å²) in [5.41, 5.74) is 6.70. The monoisotopic (exact) mass is 267 g/mol. The Hall–Kier alpha value is -0.730. The van der Waals surface area contributed by atoms with Crippen LogP contribution in [0.4, 0.5) is 0 Å². The van der Waals surface area contributed by atoms with Gasteiger partial charge in [-0.05, 0) is 50.8 Å². The molecule has 1 aliphatic rings. The van der Waals surface area contributed by atoms with Gasteiger partial charge in [0.1, 0.15) is 5.75 Å². The first-order chi connectivity index (χ1) is 8.81. The number of hydrogen-bond donors (Lipinski definition) is 1. The van der Waals surface area contributed by atoms with Crippen molar-refractivity contribution >= 4 is 11.6 Å². The van der Waals surface area contributed by atoms with Gasteiger partial charge in [-0.1, -0.05) is 30.5 Å². The van der Waals surface area contributed by atoms with Gasteiger partial charge in [-0.25, -0.2) is 0 Å². The lowest BCUT2D eigenvalue weighted by Crippen LogP contribution is -2.16. The van der Waals surface area contributed by atoms with E-state index in [0.29, 0.717) is 12.6 Å². The van der Waals surface area contributed by atoms with Crippen LogP contribution in [0.1, 0.15) is 44.1 Å². The van der Waals surface area contributed by atoms with Crippen LogP contribution in [-0.4, -0.2) is 12.6 Å². The first-order valence-corrected chi connectivity index (χ1v) is 7.33. The van der Waals surface area contributed by atoms with E-state index in [1.54, 1.807) is 0 Å². The number of rotatable bonds is 4. The van der Waals surface area contributed by atoms with Gasteiger partial charge in [-0.2, -0.15) is 0 Å². The number of nitrogens with two attached hydrogens (primary N) is 1. The van der Waals surface area contributed by atoms with Crippen LogP contribution in [0.5, 0.6) is 5.75 Å². The average molecular weight is 268 g/mol. The molecule has 0 atom stereocenters. The van der Waals surface area contributed by atoms with Crippen molar-refractivity contribution in [3.05, 3.63) is 28.8 Å². The van der Waals surface area contributed by atoms with E-state index in [-0.39, 0.29) is 0 Å². The van der Waals surface area contributed by atoms with Crippen LogP contribution in [-0.2, 0) is 6.42 Å². The number of benzene rings is 1. The molecule has 1 aliphatic carbocycles. The largest absolute Gasteiger partial charge is 0.490 e.